The van der Waals surface area contributed by atoms with E-state index in [1.807, 2.05) is 48.5 Å². The average molecular weight is 473 g/mol. The molecule has 0 atom stereocenters. The molecule has 2 aromatic heterocycles. The van der Waals surface area contributed by atoms with E-state index in [4.69, 9.17) is 24.1 Å². The number of methoxy groups -OCH3 is 1. The molecule has 0 saturated carbocycles. The second kappa shape index (κ2) is 10.5. The molecule has 5 rings (SSSR count). The highest BCUT2D eigenvalue weighted by molar-refractivity contribution is 5.71. The summed E-state index contributed by atoms with van der Waals surface area (Å²) in [5.41, 5.74) is 2.51. The van der Waals surface area contributed by atoms with Crippen LogP contribution in [0.5, 0.6) is 5.75 Å². The first-order valence-electron chi connectivity index (χ1n) is 11.7. The molecule has 0 spiro atoms. The first-order valence-corrected chi connectivity index (χ1v) is 11.7. The predicted octanol–water partition coefficient (Wildman–Crippen LogP) is 4.54. The largest absolute Gasteiger partial charge is 0.496 e. The number of anilines is 3. The zero-order valence-electron chi connectivity index (χ0n) is 19.6. The smallest absolute Gasteiger partial charge is 0.232 e. The summed E-state index contributed by atoms with van der Waals surface area (Å²) < 4.78 is 11.0. The normalized spacial score (nSPS) is 14.2. The molecular weight excluding hydrogens is 444 g/mol. The number of aromatic nitrogens is 4. The van der Waals surface area contributed by atoms with Crippen molar-refractivity contribution in [3.63, 3.8) is 0 Å². The van der Waals surface area contributed by atoms with Crippen molar-refractivity contribution in [3.05, 3.63) is 61.1 Å². The van der Waals surface area contributed by atoms with Crippen LogP contribution in [0, 0.1) is 5.92 Å². The van der Waals surface area contributed by atoms with Crippen molar-refractivity contribution in [1.82, 2.24) is 19.9 Å². The third kappa shape index (κ3) is 5.25. The molecule has 9 nitrogen and oxygen atoms in total. The molecular formula is C26H28N6O3. The van der Waals surface area contributed by atoms with Crippen molar-refractivity contribution in [2.75, 3.05) is 37.0 Å². The Morgan fingerprint density at radius 2 is 1.91 bits per heavy atom. The zero-order chi connectivity index (χ0) is 24.0. The molecule has 1 aliphatic rings. The van der Waals surface area contributed by atoms with Gasteiger partial charge < -0.3 is 24.5 Å². The molecule has 4 aromatic rings. The zero-order valence-corrected chi connectivity index (χ0v) is 19.6. The van der Waals surface area contributed by atoms with Crippen LogP contribution < -0.4 is 15.0 Å². The summed E-state index contributed by atoms with van der Waals surface area (Å²) in [4.78, 5) is 20.4. The number of benzene rings is 2. The van der Waals surface area contributed by atoms with E-state index in [0.29, 0.717) is 35.1 Å². The third-order valence-corrected chi connectivity index (χ3v) is 6.25. The maximum absolute atomic E-state index is 9.28. The van der Waals surface area contributed by atoms with Gasteiger partial charge in [0.05, 0.1) is 18.9 Å². The SMILES string of the molecule is COc1cc(Nc2nc(-c3ccccc3)nc(N3CCC(CCO)CC3)n2)ccc1-c1cnco1. The van der Waals surface area contributed by atoms with Gasteiger partial charge >= 0.3 is 0 Å². The highest BCUT2D eigenvalue weighted by atomic mass is 16.5. The maximum Gasteiger partial charge on any atom is 0.232 e. The summed E-state index contributed by atoms with van der Waals surface area (Å²) in [6.45, 7) is 1.94. The fourth-order valence-electron chi connectivity index (χ4n) is 4.33. The van der Waals surface area contributed by atoms with Gasteiger partial charge in [-0.15, -0.1) is 0 Å². The van der Waals surface area contributed by atoms with Crippen LogP contribution in [0.4, 0.5) is 17.6 Å². The molecule has 35 heavy (non-hydrogen) atoms. The lowest BCUT2D eigenvalue weighted by atomic mass is 9.94. The molecule has 0 aliphatic carbocycles. The molecule has 1 saturated heterocycles. The second-order valence-electron chi connectivity index (χ2n) is 8.50. The highest BCUT2D eigenvalue weighted by Gasteiger charge is 2.22. The third-order valence-electron chi connectivity index (χ3n) is 6.25. The van der Waals surface area contributed by atoms with Crippen LogP contribution in [-0.2, 0) is 0 Å². The van der Waals surface area contributed by atoms with E-state index in [-0.39, 0.29) is 6.61 Å². The van der Waals surface area contributed by atoms with Gasteiger partial charge in [0.2, 0.25) is 11.9 Å². The predicted molar refractivity (Wildman–Crippen MR) is 134 cm³/mol. The van der Waals surface area contributed by atoms with E-state index in [1.54, 1.807) is 13.3 Å². The van der Waals surface area contributed by atoms with Crippen LogP contribution in [0.1, 0.15) is 19.3 Å². The van der Waals surface area contributed by atoms with Gasteiger partial charge in [0.25, 0.3) is 0 Å². The fraction of sp³-hybridized carbons (Fsp3) is 0.308. The molecule has 180 valence electrons. The topological polar surface area (TPSA) is 109 Å². The lowest BCUT2D eigenvalue weighted by Gasteiger charge is -2.32. The van der Waals surface area contributed by atoms with Crippen molar-refractivity contribution in [3.8, 4) is 28.5 Å². The number of oxazole rings is 1. The highest BCUT2D eigenvalue weighted by Crippen LogP contribution is 2.33. The summed E-state index contributed by atoms with van der Waals surface area (Å²) >= 11 is 0. The van der Waals surface area contributed by atoms with Crippen LogP contribution >= 0.6 is 0 Å². The molecule has 1 fully saturated rings. The van der Waals surface area contributed by atoms with Crippen LogP contribution in [0.3, 0.4) is 0 Å². The van der Waals surface area contributed by atoms with Gasteiger partial charge in [-0.3, -0.25) is 0 Å². The lowest BCUT2D eigenvalue weighted by molar-refractivity contribution is 0.240. The summed E-state index contributed by atoms with van der Waals surface area (Å²) in [6.07, 6.45) is 5.91. The van der Waals surface area contributed by atoms with E-state index in [2.05, 4.69) is 15.2 Å². The Kier molecular flexibility index (Phi) is 6.85. The van der Waals surface area contributed by atoms with E-state index < -0.39 is 0 Å². The number of nitrogens with one attached hydrogen (secondary N) is 1. The van der Waals surface area contributed by atoms with Crippen molar-refractivity contribution >= 4 is 17.6 Å². The minimum atomic E-state index is 0.237. The Bertz CT molecular complexity index is 1240. The number of aliphatic hydroxyl groups is 1. The molecule has 0 amide bonds. The molecule has 3 heterocycles. The monoisotopic (exact) mass is 472 g/mol. The molecule has 9 heteroatoms. The van der Waals surface area contributed by atoms with Crippen LogP contribution in [0.25, 0.3) is 22.7 Å². The van der Waals surface area contributed by atoms with Gasteiger partial charge in [0.15, 0.2) is 18.0 Å². The first-order chi connectivity index (χ1) is 17.2. The van der Waals surface area contributed by atoms with E-state index in [0.717, 1.165) is 49.2 Å². The molecule has 2 N–H and O–H groups in total. The van der Waals surface area contributed by atoms with Gasteiger partial charge in [-0.2, -0.15) is 15.0 Å². The van der Waals surface area contributed by atoms with E-state index in [1.165, 1.54) is 6.39 Å². The number of aliphatic hydroxyl groups excluding tert-OH is 1. The van der Waals surface area contributed by atoms with Gasteiger partial charge in [0.1, 0.15) is 5.75 Å². The Labute approximate surface area is 203 Å². The number of piperidine rings is 1. The molecule has 0 unspecified atom stereocenters. The summed E-state index contributed by atoms with van der Waals surface area (Å²) in [7, 11) is 1.62. The number of rotatable bonds is 8. The van der Waals surface area contributed by atoms with Crippen molar-refractivity contribution in [2.24, 2.45) is 5.92 Å². The fourth-order valence-corrected chi connectivity index (χ4v) is 4.33. The Balaban J connectivity index is 1.45. The Hall–Kier alpha value is -3.98. The minimum Gasteiger partial charge on any atom is -0.496 e. The number of hydrogen-bond donors (Lipinski definition) is 2. The van der Waals surface area contributed by atoms with E-state index >= 15 is 0 Å². The Morgan fingerprint density at radius 3 is 2.63 bits per heavy atom. The van der Waals surface area contributed by atoms with Gasteiger partial charge in [-0.05, 0) is 37.3 Å². The summed E-state index contributed by atoms with van der Waals surface area (Å²) in [6, 6.07) is 15.6. The number of nitrogens with zero attached hydrogens (tertiary/aromatic N) is 5. The van der Waals surface area contributed by atoms with E-state index in [9.17, 15) is 5.11 Å². The van der Waals surface area contributed by atoms with Gasteiger partial charge in [-0.1, -0.05) is 30.3 Å². The quantitative estimate of drug-likeness (QED) is 0.382. The average Bonchev–Trinajstić information content (AvgIpc) is 3.44. The first kappa shape index (κ1) is 22.8. The van der Waals surface area contributed by atoms with Crippen molar-refractivity contribution in [2.45, 2.75) is 19.3 Å². The van der Waals surface area contributed by atoms with Gasteiger partial charge in [0, 0.05) is 37.0 Å². The standard InChI is InChI=1S/C26H28N6O3/c1-34-22-15-20(7-8-21(22)23-16-27-17-35-23)28-25-29-24(19-5-3-2-4-6-19)30-26(31-25)32-12-9-18(10-13-32)11-14-33/h2-8,15-18,33H,9-14H2,1H3,(H,28,29,30,31). The summed E-state index contributed by atoms with van der Waals surface area (Å²) in [5.74, 6) is 3.54. The summed E-state index contributed by atoms with van der Waals surface area (Å²) in [5, 5.41) is 12.6. The van der Waals surface area contributed by atoms with Crippen molar-refractivity contribution in [1.29, 1.82) is 0 Å². The second-order valence-corrected chi connectivity index (χ2v) is 8.50. The maximum atomic E-state index is 9.28. The van der Waals surface area contributed by atoms with Crippen LogP contribution in [0.2, 0.25) is 0 Å². The Morgan fingerprint density at radius 1 is 1.09 bits per heavy atom. The van der Waals surface area contributed by atoms with Gasteiger partial charge in [-0.25, -0.2) is 4.98 Å². The van der Waals surface area contributed by atoms with Crippen LogP contribution in [0.15, 0.2) is 65.5 Å². The molecule has 1 aliphatic heterocycles. The lowest BCUT2D eigenvalue weighted by Crippen LogP contribution is -2.35. The van der Waals surface area contributed by atoms with Crippen LogP contribution in [-0.4, -0.2) is 51.8 Å². The van der Waals surface area contributed by atoms with Crippen molar-refractivity contribution < 1.29 is 14.3 Å². The minimum absolute atomic E-state index is 0.237. The number of ether oxygens (including phenoxy) is 1. The number of hydrogen-bond acceptors (Lipinski definition) is 9. The molecule has 2 aromatic carbocycles. The molecule has 0 bridgehead atoms. The molecule has 0 radical (unpaired) electrons.